The van der Waals surface area contributed by atoms with Crippen molar-refractivity contribution in [1.82, 2.24) is 9.80 Å². The Balaban J connectivity index is 0.770. The Hall–Kier alpha value is -3.51. The van der Waals surface area contributed by atoms with E-state index in [1.54, 1.807) is 12.2 Å². The average Bonchev–Trinajstić information content (AvgIpc) is 1.87. The minimum atomic E-state index is -0.258. The highest BCUT2D eigenvalue weighted by molar-refractivity contribution is 8.76. The molecule has 1 saturated carbocycles. The van der Waals surface area contributed by atoms with Gasteiger partial charge in [0.15, 0.2) is 5.76 Å². The second-order valence-electron chi connectivity index (χ2n) is 28.1. The van der Waals surface area contributed by atoms with Gasteiger partial charge in [0.05, 0.1) is 26.1 Å². The Morgan fingerprint density at radius 2 is 0.925 bits per heavy atom. The Kier molecular flexibility index (Phi) is 45.3. The number of likely N-dealkylation sites (tertiary alicyclic amines) is 2. The number of rotatable bonds is 57. The van der Waals surface area contributed by atoms with Crippen molar-refractivity contribution in [2.24, 2.45) is 23.7 Å². The van der Waals surface area contributed by atoms with Gasteiger partial charge in [0.25, 0.3) is 0 Å². The lowest BCUT2D eigenvalue weighted by Gasteiger charge is -2.32. The number of allylic oxidation sites excluding steroid dienone is 5. The lowest BCUT2D eigenvalue weighted by atomic mass is 9.94. The zero-order chi connectivity index (χ0) is 66.0. The summed E-state index contributed by atoms with van der Waals surface area (Å²) in [4.78, 5) is 68.4. The SMILES string of the molecule is CCCCCCCCC(CCCCCCCC)OC(=O)CCCCCCCC(=O)OC1=CC=C(CC(=O)OCCC2CCN(CCSSCCN3CCC(CCOC(=O)CC4=C=C=C(OC(=O)CCCCCCCC5CC5CCCCCCCC)C=C4)CC3)CC2)CC1. The molecular formula is C79H130N2O10S2. The van der Waals surface area contributed by atoms with Gasteiger partial charge < -0.3 is 33.5 Å². The minimum absolute atomic E-state index is 0.0455. The minimum Gasteiger partial charge on any atom is -0.465 e. The summed E-state index contributed by atoms with van der Waals surface area (Å²) in [7, 11) is 3.97. The molecule has 2 aliphatic heterocycles. The maximum absolute atomic E-state index is 12.8. The zero-order valence-corrected chi connectivity index (χ0v) is 60.7. The van der Waals surface area contributed by atoms with Crippen LogP contribution >= 0.6 is 21.6 Å². The Morgan fingerprint density at radius 3 is 1.40 bits per heavy atom. The summed E-state index contributed by atoms with van der Waals surface area (Å²) in [5.41, 5.74) is 7.59. The molecule has 0 spiro atoms. The molecule has 2 unspecified atom stereocenters. The first-order valence-corrected chi connectivity index (χ1v) is 41.0. The molecule has 528 valence electrons. The molecule has 12 nitrogen and oxygen atoms in total. The first-order chi connectivity index (χ1) is 45.6. The van der Waals surface area contributed by atoms with Crippen molar-refractivity contribution in [2.75, 3.05) is 64.0 Å². The molecule has 93 heavy (non-hydrogen) atoms. The first-order valence-electron chi connectivity index (χ1n) is 38.5. The van der Waals surface area contributed by atoms with Crippen LogP contribution in [0.5, 0.6) is 0 Å². The maximum atomic E-state index is 12.8. The molecule has 5 rings (SSSR count). The van der Waals surface area contributed by atoms with Gasteiger partial charge >= 0.3 is 29.8 Å². The highest BCUT2D eigenvalue weighted by Gasteiger charge is 2.35. The van der Waals surface area contributed by atoms with Gasteiger partial charge in [0.2, 0.25) is 0 Å². The molecule has 2 atom stereocenters. The summed E-state index contributed by atoms with van der Waals surface area (Å²) < 4.78 is 28.5. The number of nitrogens with zero attached hydrogens (tertiary/aromatic N) is 2. The predicted molar refractivity (Wildman–Crippen MR) is 385 cm³/mol. The van der Waals surface area contributed by atoms with Crippen molar-refractivity contribution in [3.8, 4) is 0 Å². The fraction of sp³-hybridized carbons (Fsp3) is 0.810. The second-order valence-corrected chi connectivity index (χ2v) is 30.8. The van der Waals surface area contributed by atoms with E-state index in [0.29, 0.717) is 74.2 Å². The third-order valence-electron chi connectivity index (χ3n) is 20.0. The number of hydrogen-bond donors (Lipinski definition) is 0. The molecular weight excluding hydrogens is 1200 g/mol. The van der Waals surface area contributed by atoms with Crippen LogP contribution in [0.25, 0.3) is 0 Å². The van der Waals surface area contributed by atoms with Crippen LogP contribution in [0.4, 0.5) is 0 Å². The standard InChI is InChI=1S/C79H130N2O10S2/c1-4-7-10-13-18-25-32-70-65-71(70)33-26-19-16-22-29-37-76(83)90-73-43-39-68(40-44-73)63-78(85)87-59-51-66-47-53-80(54-48-66)57-61-92-93-62-58-81-55-49-67(50-56-81)52-60-88-79(86)64-69-41-45-74(46-42-69)91-77(84)38-31-24-17-23-30-36-75(82)89-72(34-27-20-14-11-8-5-2)35-28-21-15-12-9-6-3/h39,41,43,45,66-67,70-72H,4-38,42,46-65H2,1-3H3. The van der Waals surface area contributed by atoms with Gasteiger partial charge in [-0.1, -0.05) is 220 Å². The van der Waals surface area contributed by atoms with Crippen molar-refractivity contribution in [3.63, 3.8) is 0 Å². The van der Waals surface area contributed by atoms with Gasteiger partial charge in [-0.15, -0.1) is 0 Å². The number of carbonyl (C=O) groups excluding carboxylic acids is 5. The number of esters is 5. The van der Waals surface area contributed by atoms with Crippen LogP contribution < -0.4 is 0 Å². The summed E-state index contributed by atoms with van der Waals surface area (Å²) in [5.74, 6) is 5.51. The molecule has 5 aliphatic rings. The van der Waals surface area contributed by atoms with Crippen molar-refractivity contribution in [2.45, 2.75) is 322 Å². The molecule has 3 fully saturated rings. The van der Waals surface area contributed by atoms with E-state index in [1.165, 1.54) is 141 Å². The molecule has 0 radical (unpaired) electrons. The third kappa shape index (κ3) is 40.7. The van der Waals surface area contributed by atoms with E-state index in [2.05, 4.69) is 42.0 Å². The quantitative estimate of drug-likeness (QED) is 0.0188. The average molecular weight is 1330 g/mol. The van der Waals surface area contributed by atoms with Crippen molar-refractivity contribution >= 4 is 51.4 Å². The van der Waals surface area contributed by atoms with Gasteiger partial charge in [-0.3, -0.25) is 24.0 Å². The summed E-state index contributed by atoms with van der Waals surface area (Å²) in [6.45, 7) is 14.3. The lowest BCUT2D eigenvalue weighted by Crippen LogP contribution is -2.36. The van der Waals surface area contributed by atoms with Gasteiger partial charge in [-0.2, -0.15) is 0 Å². The normalized spacial score (nSPS) is 17.8. The zero-order valence-electron chi connectivity index (χ0n) is 59.1. The molecule has 2 saturated heterocycles. The van der Waals surface area contributed by atoms with E-state index in [-0.39, 0.29) is 48.8 Å². The summed E-state index contributed by atoms with van der Waals surface area (Å²) in [6, 6.07) is 0. The van der Waals surface area contributed by atoms with E-state index < -0.39 is 0 Å². The molecule has 0 bridgehead atoms. The molecule has 3 aliphatic carbocycles. The first kappa shape index (κ1) is 80.2. The van der Waals surface area contributed by atoms with Gasteiger partial charge in [0.1, 0.15) is 11.9 Å². The van der Waals surface area contributed by atoms with Crippen LogP contribution in [0.15, 0.2) is 58.4 Å². The second kappa shape index (κ2) is 52.6. The number of carbonyl (C=O) groups is 5. The lowest BCUT2D eigenvalue weighted by molar-refractivity contribution is -0.150. The van der Waals surface area contributed by atoms with Crippen LogP contribution in [-0.2, 0) is 47.7 Å². The van der Waals surface area contributed by atoms with Crippen LogP contribution in [0.2, 0.25) is 0 Å². The number of piperidine rings is 2. The van der Waals surface area contributed by atoms with E-state index >= 15 is 0 Å². The summed E-state index contributed by atoms with van der Waals surface area (Å²) >= 11 is 0. The molecule has 0 N–H and O–H groups in total. The Morgan fingerprint density at radius 1 is 0.473 bits per heavy atom. The Labute approximate surface area is 574 Å². The molecule has 2 heterocycles. The van der Waals surface area contributed by atoms with Crippen molar-refractivity contribution in [1.29, 1.82) is 0 Å². The van der Waals surface area contributed by atoms with Gasteiger partial charge in [-0.25, -0.2) is 0 Å². The van der Waals surface area contributed by atoms with E-state index in [0.717, 1.165) is 177 Å². The van der Waals surface area contributed by atoms with Crippen molar-refractivity contribution < 1.29 is 47.7 Å². The van der Waals surface area contributed by atoms with Crippen LogP contribution in [0.3, 0.4) is 0 Å². The van der Waals surface area contributed by atoms with E-state index in [9.17, 15) is 24.0 Å². The summed E-state index contributed by atoms with van der Waals surface area (Å²) in [5, 5.41) is 0. The maximum Gasteiger partial charge on any atom is 0.311 e. The van der Waals surface area contributed by atoms with Crippen LogP contribution in [0.1, 0.15) is 316 Å². The molecule has 0 aromatic carbocycles. The summed E-state index contributed by atoms with van der Waals surface area (Å²) in [6.07, 6.45) is 56.6. The number of unbranched alkanes of at least 4 members (excludes halogenated alkanes) is 23. The third-order valence-corrected chi connectivity index (χ3v) is 22.3. The fourth-order valence-corrected chi connectivity index (χ4v) is 15.7. The van der Waals surface area contributed by atoms with Crippen LogP contribution in [0, 0.1) is 23.7 Å². The van der Waals surface area contributed by atoms with Gasteiger partial charge in [-0.05, 0) is 170 Å². The van der Waals surface area contributed by atoms with Gasteiger partial charge in [0, 0.05) is 55.9 Å². The predicted octanol–water partition coefficient (Wildman–Crippen LogP) is 20.5. The van der Waals surface area contributed by atoms with Crippen LogP contribution in [-0.4, -0.2) is 110 Å². The topological polar surface area (TPSA) is 138 Å². The fourth-order valence-electron chi connectivity index (χ4n) is 13.7. The molecule has 14 heteroatoms. The molecule has 0 aromatic heterocycles. The molecule has 0 amide bonds. The number of ether oxygens (including phenoxy) is 5. The monoisotopic (exact) mass is 1330 g/mol. The van der Waals surface area contributed by atoms with E-state index in [1.807, 2.05) is 33.7 Å². The molecule has 0 aromatic rings. The highest BCUT2D eigenvalue weighted by Crippen LogP contribution is 2.46. The Bertz CT molecular complexity index is 2250. The smallest absolute Gasteiger partial charge is 0.311 e. The van der Waals surface area contributed by atoms with E-state index in [4.69, 9.17) is 23.7 Å². The van der Waals surface area contributed by atoms with Crippen molar-refractivity contribution in [3.05, 3.63) is 58.4 Å². The largest absolute Gasteiger partial charge is 0.465 e. The number of hydrogen-bond acceptors (Lipinski definition) is 14. The highest BCUT2D eigenvalue weighted by atomic mass is 33.1.